The van der Waals surface area contributed by atoms with Crippen LogP contribution in [-0.4, -0.2) is 16.5 Å². The number of anilines is 1. The molecule has 1 aromatic heterocycles. The molecule has 3 nitrogen and oxygen atoms in total. The second kappa shape index (κ2) is 6.21. The predicted octanol–water partition coefficient (Wildman–Crippen LogP) is 4.26. The summed E-state index contributed by atoms with van der Waals surface area (Å²) in [5.41, 5.74) is 1.01. The molecule has 1 aliphatic rings. The summed E-state index contributed by atoms with van der Waals surface area (Å²) in [6.45, 7) is 3.35. The Bertz CT molecular complexity index is 554. The number of hydrogen-bond donors (Lipinski definition) is 1. The van der Waals surface area contributed by atoms with E-state index in [9.17, 15) is 0 Å². The van der Waals surface area contributed by atoms with E-state index in [1.165, 1.54) is 32.1 Å². The van der Waals surface area contributed by atoms with Gasteiger partial charge in [-0.25, -0.2) is 9.97 Å². The zero-order valence-corrected chi connectivity index (χ0v) is 12.2. The summed E-state index contributed by atoms with van der Waals surface area (Å²) in [5.74, 6) is 2.74. The van der Waals surface area contributed by atoms with Crippen LogP contribution in [0, 0.1) is 11.8 Å². The third-order valence-electron chi connectivity index (χ3n) is 4.64. The molecule has 0 aliphatic heterocycles. The largest absolute Gasteiger partial charge is 0.369 e. The number of hydrogen-bond acceptors (Lipinski definition) is 3. The highest BCUT2D eigenvalue weighted by Gasteiger charge is 2.19. The minimum atomic E-state index is 0.798. The SMILES string of the molecule is CCC1CCC(CNc2ncnc3ccccc23)CC1. The molecule has 106 valence electrons. The Hall–Kier alpha value is -1.64. The lowest BCUT2D eigenvalue weighted by Gasteiger charge is -2.28. The summed E-state index contributed by atoms with van der Waals surface area (Å²) in [7, 11) is 0. The van der Waals surface area contributed by atoms with Crippen LogP contribution in [0.2, 0.25) is 0 Å². The van der Waals surface area contributed by atoms with Crippen molar-refractivity contribution in [2.24, 2.45) is 11.8 Å². The van der Waals surface area contributed by atoms with Crippen LogP contribution in [0.4, 0.5) is 5.82 Å². The van der Waals surface area contributed by atoms with Crippen molar-refractivity contribution >= 4 is 16.7 Å². The van der Waals surface area contributed by atoms with E-state index in [4.69, 9.17) is 0 Å². The molecule has 0 spiro atoms. The van der Waals surface area contributed by atoms with Gasteiger partial charge in [0.05, 0.1) is 5.52 Å². The number of rotatable bonds is 4. The van der Waals surface area contributed by atoms with Gasteiger partial charge in [-0.2, -0.15) is 0 Å². The molecule has 1 heterocycles. The molecule has 0 saturated heterocycles. The standard InChI is InChI=1S/C17H23N3/c1-2-13-7-9-14(10-8-13)11-18-17-15-5-3-4-6-16(15)19-12-20-17/h3-6,12-14H,2,7-11H2,1H3,(H,18,19,20). The quantitative estimate of drug-likeness (QED) is 0.901. The Labute approximate surface area is 120 Å². The molecular weight excluding hydrogens is 246 g/mol. The predicted molar refractivity (Wildman–Crippen MR) is 83.8 cm³/mol. The number of nitrogens with one attached hydrogen (secondary N) is 1. The monoisotopic (exact) mass is 269 g/mol. The van der Waals surface area contributed by atoms with Gasteiger partial charge in [-0.15, -0.1) is 0 Å². The van der Waals surface area contributed by atoms with E-state index in [0.717, 1.165) is 35.1 Å². The van der Waals surface area contributed by atoms with E-state index in [0.29, 0.717) is 0 Å². The van der Waals surface area contributed by atoms with Crippen molar-refractivity contribution in [2.45, 2.75) is 39.0 Å². The average Bonchev–Trinajstić information content (AvgIpc) is 2.53. The van der Waals surface area contributed by atoms with Crippen LogP contribution in [0.15, 0.2) is 30.6 Å². The molecular formula is C17H23N3. The molecule has 1 N–H and O–H groups in total. The van der Waals surface area contributed by atoms with Crippen LogP contribution in [-0.2, 0) is 0 Å². The van der Waals surface area contributed by atoms with Gasteiger partial charge in [0, 0.05) is 11.9 Å². The zero-order chi connectivity index (χ0) is 13.8. The van der Waals surface area contributed by atoms with Gasteiger partial charge in [0.1, 0.15) is 12.1 Å². The normalized spacial score (nSPS) is 22.9. The van der Waals surface area contributed by atoms with Gasteiger partial charge in [-0.1, -0.05) is 38.3 Å². The first-order valence-corrected chi connectivity index (χ1v) is 7.80. The Morgan fingerprint density at radius 2 is 1.80 bits per heavy atom. The second-order valence-corrected chi connectivity index (χ2v) is 5.92. The van der Waals surface area contributed by atoms with Crippen molar-refractivity contribution < 1.29 is 0 Å². The Morgan fingerprint density at radius 1 is 1.05 bits per heavy atom. The highest BCUT2D eigenvalue weighted by Crippen LogP contribution is 2.31. The fraction of sp³-hybridized carbons (Fsp3) is 0.529. The topological polar surface area (TPSA) is 37.8 Å². The Morgan fingerprint density at radius 3 is 2.60 bits per heavy atom. The van der Waals surface area contributed by atoms with Crippen LogP contribution < -0.4 is 5.32 Å². The van der Waals surface area contributed by atoms with Gasteiger partial charge < -0.3 is 5.32 Å². The van der Waals surface area contributed by atoms with Crippen molar-refractivity contribution in [1.29, 1.82) is 0 Å². The van der Waals surface area contributed by atoms with Crippen LogP contribution in [0.25, 0.3) is 10.9 Å². The molecule has 3 heteroatoms. The zero-order valence-electron chi connectivity index (χ0n) is 12.2. The van der Waals surface area contributed by atoms with E-state index in [1.54, 1.807) is 6.33 Å². The minimum absolute atomic E-state index is 0.798. The lowest BCUT2D eigenvalue weighted by Crippen LogP contribution is -2.21. The first-order chi connectivity index (χ1) is 9.86. The van der Waals surface area contributed by atoms with Crippen molar-refractivity contribution in [1.82, 2.24) is 9.97 Å². The maximum absolute atomic E-state index is 4.40. The van der Waals surface area contributed by atoms with Crippen LogP contribution in [0.3, 0.4) is 0 Å². The summed E-state index contributed by atoms with van der Waals surface area (Å²) >= 11 is 0. The average molecular weight is 269 g/mol. The van der Waals surface area contributed by atoms with Gasteiger partial charge in [0.2, 0.25) is 0 Å². The first-order valence-electron chi connectivity index (χ1n) is 7.80. The molecule has 1 aliphatic carbocycles. The summed E-state index contributed by atoms with van der Waals surface area (Å²) in [5, 5.41) is 4.66. The molecule has 1 aromatic carbocycles. The molecule has 3 rings (SSSR count). The molecule has 20 heavy (non-hydrogen) atoms. The summed E-state index contributed by atoms with van der Waals surface area (Å²) in [6.07, 6.45) is 8.50. The highest BCUT2D eigenvalue weighted by molar-refractivity contribution is 5.88. The molecule has 1 saturated carbocycles. The van der Waals surface area contributed by atoms with E-state index in [-0.39, 0.29) is 0 Å². The van der Waals surface area contributed by atoms with E-state index in [2.05, 4.69) is 28.3 Å². The molecule has 0 bridgehead atoms. The fourth-order valence-electron chi connectivity index (χ4n) is 3.23. The lowest BCUT2D eigenvalue weighted by molar-refractivity contribution is 0.278. The minimum Gasteiger partial charge on any atom is -0.369 e. The summed E-state index contributed by atoms with van der Waals surface area (Å²) < 4.78 is 0. The van der Waals surface area contributed by atoms with Gasteiger partial charge in [-0.3, -0.25) is 0 Å². The molecule has 0 atom stereocenters. The highest BCUT2D eigenvalue weighted by atomic mass is 15.0. The van der Waals surface area contributed by atoms with Crippen LogP contribution >= 0.6 is 0 Å². The fourth-order valence-corrected chi connectivity index (χ4v) is 3.23. The number of para-hydroxylation sites is 1. The summed E-state index contributed by atoms with van der Waals surface area (Å²) in [4.78, 5) is 8.71. The third kappa shape index (κ3) is 2.92. The Balaban J connectivity index is 1.63. The van der Waals surface area contributed by atoms with Crippen molar-refractivity contribution in [3.8, 4) is 0 Å². The summed E-state index contributed by atoms with van der Waals surface area (Å²) in [6, 6.07) is 8.19. The number of fused-ring (bicyclic) bond motifs is 1. The maximum Gasteiger partial charge on any atom is 0.137 e. The van der Waals surface area contributed by atoms with Gasteiger partial charge >= 0.3 is 0 Å². The molecule has 0 unspecified atom stereocenters. The van der Waals surface area contributed by atoms with Gasteiger partial charge in [0.15, 0.2) is 0 Å². The number of benzene rings is 1. The second-order valence-electron chi connectivity index (χ2n) is 5.92. The number of nitrogens with zero attached hydrogens (tertiary/aromatic N) is 2. The van der Waals surface area contributed by atoms with Crippen LogP contribution in [0.1, 0.15) is 39.0 Å². The smallest absolute Gasteiger partial charge is 0.137 e. The first kappa shape index (κ1) is 13.3. The van der Waals surface area contributed by atoms with Gasteiger partial charge in [0.25, 0.3) is 0 Å². The molecule has 0 radical (unpaired) electrons. The van der Waals surface area contributed by atoms with E-state index >= 15 is 0 Å². The lowest BCUT2D eigenvalue weighted by atomic mass is 9.81. The maximum atomic E-state index is 4.40. The van der Waals surface area contributed by atoms with E-state index in [1.807, 2.05) is 18.2 Å². The molecule has 2 aromatic rings. The van der Waals surface area contributed by atoms with Crippen molar-refractivity contribution in [3.63, 3.8) is 0 Å². The van der Waals surface area contributed by atoms with Crippen LogP contribution in [0.5, 0.6) is 0 Å². The third-order valence-corrected chi connectivity index (χ3v) is 4.64. The van der Waals surface area contributed by atoms with Gasteiger partial charge in [-0.05, 0) is 36.8 Å². The Kier molecular flexibility index (Phi) is 4.14. The van der Waals surface area contributed by atoms with E-state index < -0.39 is 0 Å². The number of aromatic nitrogens is 2. The molecule has 0 amide bonds. The van der Waals surface area contributed by atoms with Crippen molar-refractivity contribution in [3.05, 3.63) is 30.6 Å². The molecule has 1 fully saturated rings. The van der Waals surface area contributed by atoms with Crippen molar-refractivity contribution in [2.75, 3.05) is 11.9 Å².